The molecule has 2 aliphatic rings. The topological polar surface area (TPSA) is 113 Å². The van der Waals surface area contributed by atoms with Crippen LogP contribution in [0.3, 0.4) is 0 Å². The van der Waals surface area contributed by atoms with Gasteiger partial charge < -0.3 is 5.32 Å². The van der Waals surface area contributed by atoms with Crippen LogP contribution in [0.25, 0.3) is 0 Å². The SMILES string of the molecule is CC1CCCCC1NS(=O)(=O)c1ccc(S(=O)(=O)N(CC(=O)Nc2ccccc2)C2CCCC2)cc1. The fourth-order valence-electron chi connectivity index (χ4n) is 5.15. The van der Waals surface area contributed by atoms with Crippen molar-refractivity contribution < 1.29 is 21.6 Å². The van der Waals surface area contributed by atoms with E-state index in [2.05, 4.69) is 10.0 Å². The van der Waals surface area contributed by atoms with Crippen LogP contribution < -0.4 is 10.0 Å². The van der Waals surface area contributed by atoms with Crippen molar-refractivity contribution in [3.05, 3.63) is 54.6 Å². The third-order valence-corrected chi connectivity index (χ3v) is 10.7. The molecule has 36 heavy (non-hydrogen) atoms. The molecule has 0 bridgehead atoms. The zero-order chi connectivity index (χ0) is 25.8. The van der Waals surface area contributed by atoms with Crippen molar-refractivity contribution >= 4 is 31.6 Å². The Bertz CT molecular complexity index is 1240. The number of sulfonamides is 2. The lowest BCUT2D eigenvalue weighted by molar-refractivity contribution is -0.116. The number of nitrogens with one attached hydrogen (secondary N) is 2. The fourth-order valence-corrected chi connectivity index (χ4v) is 8.17. The second-order valence-electron chi connectivity index (χ2n) is 9.86. The molecule has 0 heterocycles. The standard InChI is InChI=1S/C26H35N3O5S2/c1-20-9-5-8-14-25(20)28-35(31,32)23-15-17-24(18-16-23)36(33,34)29(22-12-6-7-13-22)19-26(30)27-21-10-3-2-4-11-21/h2-4,10-11,15-18,20,22,25,28H,5-9,12-14,19H2,1H3,(H,27,30). The molecule has 0 aliphatic heterocycles. The Morgan fingerprint density at radius 3 is 2.06 bits per heavy atom. The van der Waals surface area contributed by atoms with E-state index in [1.165, 1.54) is 28.6 Å². The minimum atomic E-state index is -4.01. The number of para-hydroxylation sites is 1. The molecule has 0 aromatic heterocycles. The number of rotatable bonds is 9. The molecule has 2 saturated carbocycles. The lowest BCUT2D eigenvalue weighted by Crippen LogP contribution is -2.43. The summed E-state index contributed by atoms with van der Waals surface area (Å²) < 4.78 is 57.2. The molecule has 2 unspecified atom stereocenters. The Balaban J connectivity index is 1.52. The van der Waals surface area contributed by atoms with Gasteiger partial charge in [-0.1, -0.05) is 50.8 Å². The predicted molar refractivity (Wildman–Crippen MR) is 139 cm³/mol. The van der Waals surface area contributed by atoms with Gasteiger partial charge >= 0.3 is 0 Å². The van der Waals surface area contributed by atoms with Crippen molar-refractivity contribution in [3.8, 4) is 0 Å². The molecule has 8 nitrogen and oxygen atoms in total. The van der Waals surface area contributed by atoms with Gasteiger partial charge in [-0.3, -0.25) is 4.79 Å². The van der Waals surface area contributed by atoms with E-state index in [4.69, 9.17) is 0 Å². The van der Waals surface area contributed by atoms with Gasteiger partial charge in [-0.05, 0) is 68.0 Å². The first-order chi connectivity index (χ1) is 17.2. The van der Waals surface area contributed by atoms with Crippen molar-refractivity contribution in [1.29, 1.82) is 0 Å². The molecule has 2 aliphatic carbocycles. The van der Waals surface area contributed by atoms with E-state index < -0.39 is 26.0 Å². The van der Waals surface area contributed by atoms with Crippen LogP contribution in [0, 0.1) is 5.92 Å². The van der Waals surface area contributed by atoms with E-state index in [0.717, 1.165) is 38.5 Å². The highest BCUT2D eigenvalue weighted by molar-refractivity contribution is 7.89. The molecule has 2 aromatic rings. The normalized spacial score (nSPS) is 21.5. The summed E-state index contributed by atoms with van der Waals surface area (Å²) in [6.07, 6.45) is 7.06. The number of amides is 1. The van der Waals surface area contributed by atoms with E-state index in [0.29, 0.717) is 18.5 Å². The highest BCUT2D eigenvalue weighted by Crippen LogP contribution is 2.30. The molecule has 4 rings (SSSR count). The van der Waals surface area contributed by atoms with Gasteiger partial charge in [-0.2, -0.15) is 4.31 Å². The number of hydrogen-bond donors (Lipinski definition) is 2. The number of benzene rings is 2. The summed E-state index contributed by atoms with van der Waals surface area (Å²) in [4.78, 5) is 12.8. The van der Waals surface area contributed by atoms with Crippen LogP contribution in [0.1, 0.15) is 58.3 Å². The average molecular weight is 534 g/mol. The van der Waals surface area contributed by atoms with Crippen LogP contribution in [0.5, 0.6) is 0 Å². The molecule has 196 valence electrons. The number of anilines is 1. The van der Waals surface area contributed by atoms with E-state index in [9.17, 15) is 21.6 Å². The van der Waals surface area contributed by atoms with E-state index in [1.54, 1.807) is 24.3 Å². The smallest absolute Gasteiger partial charge is 0.243 e. The first kappa shape index (κ1) is 26.8. The van der Waals surface area contributed by atoms with Gasteiger partial charge in [0.2, 0.25) is 26.0 Å². The van der Waals surface area contributed by atoms with Gasteiger partial charge in [0.25, 0.3) is 0 Å². The van der Waals surface area contributed by atoms with Gasteiger partial charge in [-0.25, -0.2) is 21.6 Å². The molecule has 2 N–H and O–H groups in total. The minimum Gasteiger partial charge on any atom is -0.325 e. The van der Waals surface area contributed by atoms with E-state index >= 15 is 0 Å². The molecule has 0 radical (unpaired) electrons. The molecule has 0 spiro atoms. The van der Waals surface area contributed by atoms with Crippen molar-refractivity contribution in [2.45, 2.75) is 80.2 Å². The third-order valence-electron chi connectivity index (χ3n) is 7.25. The highest BCUT2D eigenvalue weighted by Gasteiger charge is 2.35. The molecule has 0 saturated heterocycles. The number of nitrogens with zero attached hydrogens (tertiary/aromatic N) is 1. The van der Waals surface area contributed by atoms with Crippen LogP contribution in [-0.2, 0) is 24.8 Å². The van der Waals surface area contributed by atoms with Crippen LogP contribution in [0.4, 0.5) is 5.69 Å². The summed E-state index contributed by atoms with van der Waals surface area (Å²) in [5, 5.41) is 2.76. The molecular formula is C26H35N3O5S2. The summed E-state index contributed by atoms with van der Waals surface area (Å²) in [6, 6.07) is 13.8. The molecule has 2 atom stereocenters. The van der Waals surface area contributed by atoms with Crippen molar-refractivity contribution in [1.82, 2.24) is 9.03 Å². The zero-order valence-electron chi connectivity index (χ0n) is 20.6. The van der Waals surface area contributed by atoms with Gasteiger partial charge in [0.1, 0.15) is 0 Å². The van der Waals surface area contributed by atoms with Crippen LogP contribution in [-0.4, -0.2) is 45.7 Å². The maximum absolute atomic E-state index is 13.6. The number of hydrogen-bond acceptors (Lipinski definition) is 5. The first-order valence-electron chi connectivity index (χ1n) is 12.7. The zero-order valence-corrected chi connectivity index (χ0v) is 22.2. The average Bonchev–Trinajstić information content (AvgIpc) is 3.39. The molecule has 2 aromatic carbocycles. The van der Waals surface area contributed by atoms with Gasteiger partial charge in [0.15, 0.2) is 0 Å². The monoisotopic (exact) mass is 533 g/mol. The van der Waals surface area contributed by atoms with Crippen LogP contribution in [0.15, 0.2) is 64.4 Å². The lowest BCUT2D eigenvalue weighted by atomic mass is 9.87. The van der Waals surface area contributed by atoms with Crippen molar-refractivity contribution in [2.24, 2.45) is 5.92 Å². The largest absolute Gasteiger partial charge is 0.325 e. The Hall–Kier alpha value is -2.27. The second-order valence-corrected chi connectivity index (χ2v) is 13.5. The highest BCUT2D eigenvalue weighted by atomic mass is 32.2. The van der Waals surface area contributed by atoms with Crippen molar-refractivity contribution in [3.63, 3.8) is 0 Å². The molecule has 10 heteroatoms. The third kappa shape index (κ3) is 6.34. The fraction of sp³-hybridized carbons (Fsp3) is 0.500. The minimum absolute atomic E-state index is 0.0214. The van der Waals surface area contributed by atoms with E-state index in [1.807, 2.05) is 13.0 Å². The molecular weight excluding hydrogens is 498 g/mol. The Kier molecular flexibility index (Phi) is 8.49. The second kappa shape index (κ2) is 11.4. The van der Waals surface area contributed by atoms with Gasteiger partial charge in [0, 0.05) is 17.8 Å². The first-order valence-corrected chi connectivity index (χ1v) is 15.6. The Morgan fingerprint density at radius 2 is 1.42 bits per heavy atom. The molecule has 2 fully saturated rings. The van der Waals surface area contributed by atoms with Gasteiger partial charge in [0.05, 0.1) is 16.3 Å². The summed E-state index contributed by atoms with van der Waals surface area (Å²) in [6.45, 7) is 1.75. The van der Waals surface area contributed by atoms with E-state index in [-0.39, 0.29) is 34.3 Å². The maximum Gasteiger partial charge on any atom is 0.243 e. The quantitative estimate of drug-likeness (QED) is 0.504. The Morgan fingerprint density at radius 1 is 0.833 bits per heavy atom. The number of carbonyl (C=O) groups is 1. The van der Waals surface area contributed by atoms with Gasteiger partial charge in [-0.15, -0.1) is 0 Å². The summed E-state index contributed by atoms with van der Waals surface area (Å²) in [5.74, 6) is -0.156. The summed E-state index contributed by atoms with van der Waals surface area (Å²) >= 11 is 0. The maximum atomic E-state index is 13.6. The summed E-state index contributed by atoms with van der Waals surface area (Å²) in [7, 11) is -7.78. The predicted octanol–water partition coefficient (Wildman–Crippen LogP) is 4.12. The van der Waals surface area contributed by atoms with Crippen LogP contribution in [0.2, 0.25) is 0 Å². The van der Waals surface area contributed by atoms with Crippen LogP contribution >= 0.6 is 0 Å². The lowest BCUT2D eigenvalue weighted by Gasteiger charge is -2.29. The Labute approximate surface area is 214 Å². The number of carbonyl (C=O) groups excluding carboxylic acids is 1. The molecule has 1 amide bonds. The summed E-state index contributed by atoms with van der Waals surface area (Å²) in [5.41, 5.74) is 0.598. The van der Waals surface area contributed by atoms with Crippen molar-refractivity contribution in [2.75, 3.05) is 11.9 Å².